The first-order valence-electron chi connectivity index (χ1n) is 13.3. The maximum absolute atomic E-state index is 13.7. The molecule has 0 fully saturated rings. The Morgan fingerprint density at radius 1 is 0.333 bits per heavy atom. The minimum atomic E-state index is -4.85. The highest BCUT2D eigenvalue weighted by atomic mass is 32.2. The first-order valence-corrected chi connectivity index (χ1v) is 19.2. The number of rotatable bonds is 12. The molecular weight excluding hydrogens is 661 g/mol. The van der Waals surface area contributed by atoms with Gasteiger partial charge in [-0.25, -0.2) is 33.7 Å². The van der Waals surface area contributed by atoms with Crippen LogP contribution in [0.15, 0.2) is 117 Å². The van der Waals surface area contributed by atoms with Crippen LogP contribution in [-0.2, 0) is 40.1 Å². The van der Waals surface area contributed by atoms with Crippen molar-refractivity contribution < 1.29 is 33.7 Å². The van der Waals surface area contributed by atoms with Crippen molar-refractivity contribution in [3.05, 3.63) is 119 Å². The summed E-state index contributed by atoms with van der Waals surface area (Å²) in [6, 6.07) is 21.2. The van der Waals surface area contributed by atoms with Gasteiger partial charge in [0.2, 0.25) is 46.0 Å². The fourth-order valence-electron chi connectivity index (χ4n) is 4.04. The van der Waals surface area contributed by atoms with Crippen molar-refractivity contribution in [1.82, 2.24) is 18.9 Å². The second-order valence-electron chi connectivity index (χ2n) is 10.4. The Morgan fingerprint density at radius 2 is 0.489 bits per heavy atom. The van der Waals surface area contributed by atoms with Gasteiger partial charge < -0.3 is 0 Å². The van der Waals surface area contributed by atoms with Gasteiger partial charge in [0.1, 0.15) is 0 Å². The molecule has 0 unspecified atom stereocenters. The van der Waals surface area contributed by atoms with E-state index >= 15 is 0 Å². The predicted octanol–water partition coefficient (Wildman–Crippen LogP) is 2.75. The summed E-state index contributed by atoms with van der Waals surface area (Å²) in [6.45, 7) is 6.81. The molecule has 0 aromatic heterocycles. The van der Waals surface area contributed by atoms with Gasteiger partial charge in [-0.1, -0.05) is 70.8 Å². The summed E-state index contributed by atoms with van der Waals surface area (Å²) in [4.78, 5) is -1.63. The highest BCUT2D eigenvalue weighted by Crippen LogP contribution is 2.21. The quantitative estimate of drug-likeness (QED) is 0.163. The molecule has 0 atom stereocenters. The summed E-state index contributed by atoms with van der Waals surface area (Å²) in [5, 5.41) is 0. The van der Waals surface area contributed by atoms with Gasteiger partial charge in [0, 0.05) is 0 Å². The third-order valence-corrected chi connectivity index (χ3v) is 12.3. The maximum atomic E-state index is 13.7. The standard InChI is InChI=1S/C29H32N4O8S4/c1-21-5-13-25(14-6-21)42(34,35)30-29(31-43(36,37)26-15-7-22(2)8-16-26,32-44(38,39)27-17-9-23(3)10-18-27)33-45(40,41)28-19-11-24(4)12-20-28/h5-20,30-33H,1-4H3. The predicted molar refractivity (Wildman–Crippen MR) is 169 cm³/mol. The van der Waals surface area contributed by atoms with E-state index in [2.05, 4.69) is 0 Å². The Hall–Kier alpha value is -3.48. The number of aryl methyl sites for hydroxylation is 4. The highest BCUT2D eigenvalue weighted by Gasteiger charge is 2.46. The average Bonchev–Trinajstić information content (AvgIpc) is 2.92. The van der Waals surface area contributed by atoms with E-state index in [-0.39, 0.29) is 0 Å². The van der Waals surface area contributed by atoms with Crippen molar-refractivity contribution in [3.8, 4) is 0 Å². The van der Waals surface area contributed by atoms with Crippen molar-refractivity contribution in [2.75, 3.05) is 0 Å². The van der Waals surface area contributed by atoms with E-state index in [1.54, 1.807) is 27.7 Å². The lowest BCUT2D eigenvalue weighted by Gasteiger charge is -2.35. The minimum Gasteiger partial charge on any atom is -0.207 e. The summed E-state index contributed by atoms with van der Waals surface area (Å²) in [5.41, 5.74) is 2.78. The molecular formula is C29H32N4O8S4. The fourth-order valence-corrected chi connectivity index (χ4v) is 9.10. The van der Waals surface area contributed by atoms with Gasteiger partial charge in [-0.15, -0.1) is 0 Å². The summed E-state index contributed by atoms with van der Waals surface area (Å²) in [7, 11) is -19.4. The molecule has 0 saturated carbocycles. The van der Waals surface area contributed by atoms with Crippen molar-refractivity contribution >= 4 is 40.1 Å². The van der Waals surface area contributed by atoms with E-state index in [9.17, 15) is 33.7 Å². The molecule has 16 heteroatoms. The Balaban J connectivity index is 1.97. The van der Waals surface area contributed by atoms with Crippen LogP contribution in [0.4, 0.5) is 0 Å². The molecule has 0 aliphatic carbocycles. The van der Waals surface area contributed by atoms with Gasteiger partial charge in [0.25, 0.3) is 0 Å². The first kappa shape index (κ1) is 34.4. The molecule has 0 radical (unpaired) electrons. The molecule has 4 rings (SSSR count). The maximum Gasteiger partial charge on any atom is 0.244 e. The van der Waals surface area contributed by atoms with Crippen LogP contribution >= 0.6 is 0 Å². The van der Waals surface area contributed by atoms with Crippen LogP contribution in [0.2, 0.25) is 0 Å². The number of hydrogen-bond acceptors (Lipinski definition) is 8. The largest absolute Gasteiger partial charge is 0.244 e. The Morgan fingerprint density at radius 3 is 0.644 bits per heavy atom. The van der Waals surface area contributed by atoms with Gasteiger partial charge in [-0.05, 0) is 76.2 Å². The van der Waals surface area contributed by atoms with Crippen LogP contribution in [0.5, 0.6) is 0 Å². The van der Waals surface area contributed by atoms with Crippen LogP contribution in [0.1, 0.15) is 22.3 Å². The third kappa shape index (κ3) is 8.42. The average molecular weight is 693 g/mol. The highest BCUT2D eigenvalue weighted by molar-refractivity contribution is 7.92. The second-order valence-corrected chi connectivity index (χ2v) is 17.2. The SMILES string of the molecule is Cc1ccc(S(=O)(=O)NC(NS(=O)(=O)c2ccc(C)cc2)(NS(=O)(=O)c2ccc(C)cc2)NS(=O)(=O)c2ccc(C)cc2)cc1. The third-order valence-electron chi connectivity index (χ3n) is 6.47. The monoisotopic (exact) mass is 692 g/mol. The Labute approximate surface area is 264 Å². The lowest BCUT2D eigenvalue weighted by molar-refractivity contribution is 0.305. The van der Waals surface area contributed by atoms with Crippen LogP contribution < -0.4 is 18.9 Å². The lowest BCUT2D eigenvalue weighted by atomic mass is 10.2. The van der Waals surface area contributed by atoms with Gasteiger partial charge >= 0.3 is 0 Å². The number of benzene rings is 4. The zero-order valence-corrected chi connectivity index (χ0v) is 27.9. The van der Waals surface area contributed by atoms with Gasteiger partial charge in [-0.3, -0.25) is 0 Å². The molecule has 4 aromatic rings. The van der Waals surface area contributed by atoms with Gasteiger partial charge in [0.15, 0.2) is 0 Å². The van der Waals surface area contributed by atoms with E-state index in [4.69, 9.17) is 0 Å². The number of nitrogens with one attached hydrogen (secondary N) is 4. The Kier molecular flexibility index (Phi) is 9.73. The van der Waals surface area contributed by atoms with Crippen LogP contribution in [0.25, 0.3) is 0 Å². The van der Waals surface area contributed by atoms with E-state index < -0.39 is 65.6 Å². The smallest absolute Gasteiger partial charge is 0.207 e. The van der Waals surface area contributed by atoms with E-state index in [1.807, 2.05) is 18.9 Å². The topological polar surface area (TPSA) is 185 Å². The summed E-state index contributed by atoms with van der Waals surface area (Å²) >= 11 is 0. The normalized spacial score (nSPS) is 13.1. The molecule has 0 saturated heterocycles. The van der Waals surface area contributed by atoms with Crippen LogP contribution in [0.3, 0.4) is 0 Å². The summed E-state index contributed by atoms with van der Waals surface area (Å²) in [6.07, 6.45) is 0. The number of sulfonamides is 4. The second kappa shape index (κ2) is 12.7. The summed E-state index contributed by atoms with van der Waals surface area (Å²) in [5.74, 6) is -3.32. The molecule has 240 valence electrons. The fraction of sp³-hybridized carbons (Fsp3) is 0.172. The first-order chi connectivity index (χ1) is 20.8. The van der Waals surface area contributed by atoms with Gasteiger partial charge in [0.05, 0.1) is 19.6 Å². The molecule has 0 spiro atoms. The summed E-state index contributed by atoms with van der Waals surface area (Å²) < 4.78 is 118. The minimum absolute atomic E-state index is 0.406. The lowest BCUT2D eigenvalue weighted by Crippen LogP contribution is -2.77. The zero-order valence-electron chi connectivity index (χ0n) is 24.6. The van der Waals surface area contributed by atoms with Crippen molar-refractivity contribution in [2.45, 2.75) is 53.2 Å². The molecule has 12 nitrogen and oxygen atoms in total. The number of hydrogen-bond donors (Lipinski definition) is 4. The molecule has 4 N–H and O–H groups in total. The molecule has 45 heavy (non-hydrogen) atoms. The molecule has 0 bridgehead atoms. The van der Waals surface area contributed by atoms with Crippen molar-refractivity contribution in [2.24, 2.45) is 0 Å². The van der Waals surface area contributed by atoms with Crippen LogP contribution in [0, 0.1) is 27.7 Å². The van der Waals surface area contributed by atoms with E-state index in [0.29, 0.717) is 22.3 Å². The molecule has 0 amide bonds. The van der Waals surface area contributed by atoms with E-state index in [1.165, 1.54) is 97.1 Å². The zero-order chi connectivity index (χ0) is 33.3. The molecule has 0 aliphatic heterocycles. The Bertz CT molecular complexity index is 1800. The van der Waals surface area contributed by atoms with Crippen molar-refractivity contribution in [3.63, 3.8) is 0 Å². The van der Waals surface area contributed by atoms with Gasteiger partial charge in [-0.2, -0.15) is 18.9 Å². The molecule has 4 aromatic carbocycles. The molecule has 0 heterocycles. The van der Waals surface area contributed by atoms with E-state index in [0.717, 1.165) is 0 Å². The van der Waals surface area contributed by atoms with Crippen molar-refractivity contribution in [1.29, 1.82) is 0 Å². The molecule has 0 aliphatic rings. The van der Waals surface area contributed by atoms with Crippen LogP contribution in [-0.4, -0.2) is 39.6 Å².